The van der Waals surface area contributed by atoms with Gasteiger partial charge in [-0.05, 0) is 22.9 Å². The van der Waals surface area contributed by atoms with Crippen LogP contribution < -0.4 is 4.90 Å². The molecule has 0 radical (unpaired) electrons. The van der Waals surface area contributed by atoms with Crippen molar-refractivity contribution < 1.29 is 9.90 Å². The predicted octanol–water partition coefficient (Wildman–Crippen LogP) is 2.06. The number of halogens is 1. The Morgan fingerprint density at radius 2 is 2.37 bits per heavy atom. The minimum atomic E-state index is -0.866. The number of carboxylic acids is 1. The Morgan fingerprint density at radius 3 is 2.95 bits per heavy atom. The molecule has 0 bridgehead atoms. The molecule has 0 aliphatic rings. The van der Waals surface area contributed by atoms with Crippen LogP contribution in [0.15, 0.2) is 23.1 Å². The summed E-state index contributed by atoms with van der Waals surface area (Å²) in [6, 6.07) is -0.599. The van der Waals surface area contributed by atoms with Gasteiger partial charge in [-0.15, -0.1) is 0 Å². The number of hydrogen-bond acceptors (Lipinski definition) is 5. The van der Waals surface area contributed by atoms with Gasteiger partial charge in [0.1, 0.15) is 6.04 Å². The predicted molar refractivity (Wildman–Crippen MR) is 76.6 cm³/mol. The number of anilines is 1. The number of aliphatic carboxylic acids is 1. The van der Waals surface area contributed by atoms with Gasteiger partial charge < -0.3 is 10.0 Å². The maximum Gasteiger partial charge on any atom is 0.326 e. The van der Waals surface area contributed by atoms with E-state index < -0.39 is 12.0 Å². The summed E-state index contributed by atoms with van der Waals surface area (Å²) in [5, 5.41) is 13.8. The SMILES string of the molecule is CC(C(=O)O)N(C)c1ncc(Cn2cc(Br)cn2)s1. The number of rotatable bonds is 5. The van der Waals surface area contributed by atoms with Gasteiger partial charge in [-0.25, -0.2) is 9.78 Å². The van der Waals surface area contributed by atoms with Crippen molar-refractivity contribution in [2.45, 2.75) is 19.5 Å². The molecule has 0 aliphatic heterocycles. The summed E-state index contributed by atoms with van der Waals surface area (Å²) < 4.78 is 2.72. The van der Waals surface area contributed by atoms with Crippen LogP contribution in [0.25, 0.3) is 0 Å². The van der Waals surface area contributed by atoms with Crippen molar-refractivity contribution in [1.82, 2.24) is 14.8 Å². The Morgan fingerprint density at radius 1 is 1.63 bits per heavy atom. The lowest BCUT2D eigenvalue weighted by atomic mass is 10.3. The summed E-state index contributed by atoms with van der Waals surface area (Å²) in [5.41, 5.74) is 0. The summed E-state index contributed by atoms with van der Waals surface area (Å²) in [6.45, 7) is 2.26. The Kier molecular flexibility index (Phi) is 4.20. The second-order valence-corrected chi connectivity index (χ2v) is 6.10. The van der Waals surface area contributed by atoms with E-state index in [1.54, 1.807) is 35.9 Å². The number of aromatic nitrogens is 3. The van der Waals surface area contributed by atoms with E-state index in [0.29, 0.717) is 11.7 Å². The van der Waals surface area contributed by atoms with Gasteiger partial charge in [0.25, 0.3) is 0 Å². The highest BCUT2D eigenvalue weighted by Gasteiger charge is 2.19. The fourth-order valence-electron chi connectivity index (χ4n) is 1.45. The minimum Gasteiger partial charge on any atom is -0.480 e. The molecule has 2 aromatic heterocycles. The molecule has 1 atom stereocenters. The van der Waals surface area contributed by atoms with Gasteiger partial charge in [-0.1, -0.05) is 11.3 Å². The van der Waals surface area contributed by atoms with Crippen LogP contribution in [0, 0.1) is 0 Å². The van der Waals surface area contributed by atoms with E-state index >= 15 is 0 Å². The number of hydrogen-bond donors (Lipinski definition) is 1. The Bertz CT molecular complexity index is 583. The molecule has 1 unspecified atom stereocenters. The lowest BCUT2D eigenvalue weighted by Crippen LogP contribution is -2.35. The third-order valence-corrected chi connectivity index (χ3v) is 4.18. The lowest BCUT2D eigenvalue weighted by molar-refractivity contribution is -0.138. The maximum absolute atomic E-state index is 10.9. The van der Waals surface area contributed by atoms with Crippen LogP contribution in [-0.4, -0.2) is 38.9 Å². The fraction of sp³-hybridized carbons (Fsp3) is 0.364. The van der Waals surface area contributed by atoms with Gasteiger partial charge >= 0.3 is 5.97 Å². The molecule has 0 spiro atoms. The van der Waals surface area contributed by atoms with E-state index in [-0.39, 0.29) is 0 Å². The van der Waals surface area contributed by atoms with Crippen molar-refractivity contribution in [3.63, 3.8) is 0 Å². The fourth-order valence-corrected chi connectivity index (χ4v) is 2.72. The number of likely N-dealkylation sites (N-methyl/N-ethyl adjacent to an activating group) is 1. The molecular formula is C11H13BrN4O2S. The van der Waals surface area contributed by atoms with E-state index in [1.165, 1.54) is 11.3 Å². The topological polar surface area (TPSA) is 71.2 Å². The van der Waals surface area contributed by atoms with Gasteiger partial charge in [0.15, 0.2) is 5.13 Å². The van der Waals surface area contributed by atoms with E-state index in [2.05, 4.69) is 26.0 Å². The van der Waals surface area contributed by atoms with Crippen LogP contribution in [0.3, 0.4) is 0 Å². The van der Waals surface area contributed by atoms with Crippen LogP contribution in [0.2, 0.25) is 0 Å². The summed E-state index contributed by atoms with van der Waals surface area (Å²) in [4.78, 5) is 17.9. The average Bonchev–Trinajstić information content (AvgIpc) is 2.97. The molecule has 2 heterocycles. The molecule has 6 nitrogen and oxygen atoms in total. The third-order valence-electron chi connectivity index (χ3n) is 2.70. The molecular weight excluding hydrogens is 332 g/mol. The molecule has 2 aromatic rings. The molecule has 0 saturated carbocycles. The van der Waals surface area contributed by atoms with Crippen LogP contribution in [0.4, 0.5) is 5.13 Å². The van der Waals surface area contributed by atoms with Crippen molar-refractivity contribution in [3.8, 4) is 0 Å². The van der Waals surface area contributed by atoms with Crippen molar-refractivity contribution >= 4 is 38.4 Å². The van der Waals surface area contributed by atoms with E-state index in [4.69, 9.17) is 5.11 Å². The van der Waals surface area contributed by atoms with Crippen LogP contribution in [0.1, 0.15) is 11.8 Å². The first-order chi connectivity index (χ1) is 8.97. The van der Waals surface area contributed by atoms with Crippen LogP contribution >= 0.6 is 27.3 Å². The third kappa shape index (κ3) is 3.32. The highest BCUT2D eigenvalue weighted by molar-refractivity contribution is 9.10. The molecule has 8 heteroatoms. The first-order valence-corrected chi connectivity index (χ1v) is 7.16. The number of carboxylic acid groups (broad SMARTS) is 1. The first-order valence-electron chi connectivity index (χ1n) is 5.55. The smallest absolute Gasteiger partial charge is 0.326 e. The normalized spacial score (nSPS) is 12.4. The summed E-state index contributed by atoms with van der Waals surface area (Å²) in [5.74, 6) is -0.866. The average molecular weight is 345 g/mol. The molecule has 0 fully saturated rings. The lowest BCUT2D eigenvalue weighted by Gasteiger charge is -2.19. The molecule has 0 saturated heterocycles. The van der Waals surface area contributed by atoms with Crippen LogP contribution in [0.5, 0.6) is 0 Å². The van der Waals surface area contributed by atoms with E-state index in [9.17, 15) is 4.79 Å². The van der Waals surface area contributed by atoms with Gasteiger partial charge in [0.2, 0.25) is 0 Å². The van der Waals surface area contributed by atoms with Crippen molar-refractivity contribution in [2.24, 2.45) is 0 Å². The summed E-state index contributed by atoms with van der Waals surface area (Å²) >= 11 is 4.81. The van der Waals surface area contributed by atoms with Gasteiger partial charge in [-0.2, -0.15) is 5.10 Å². The quantitative estimate of drug-likeness (QED) is 0.898. The number of thiazole rings is 1. The number of nitrogens with zero attached hydrogens (tertiary/aromatic N) is 4. The zero-order valence-corrected chi connectivity index (χ0v) is 12.8. The molecule has 0 aliphatic carbocycles. The largest absolute Gasteiger partial charge is 0.480 e. The second-order valence-electron chi connectivity index (χ2n) is 4.09. The molecule has 19 heavy (non-hydrogen) atoms. The molecule has 1 N–H and O–H groups in total. The van der Waals surface area contributed by atoms with Crippen molar-refractivity contribution in [2.75, 3.05) is 11.9 Å². The maximum atomic E-state index is 10.9. The monoisotopic (exact) mass is 344 g/mol. The summed E-state index contributed by atoms with van der Waals surface area (Å²) in [7, 11) is 1.73. The Balaban J connectivity index is 2.08. The van der Waals surface area contributed by atoms with E-state index in [1.807, 2.05) is 6.20 Å². The standard InChI is InChI=1S/C11H13BrN4O2S/c1-7(10(17)18)15(2)11-13-4-9(19-11)6-16-5-8(12)3-14-16/h3-5,7H,6H2,1-2H3,(H,17,18). The van der Waals surface area contributed by atoms with E-state index in [0.717, 1.165) is 9.35 Å². The molecule has 2 rings (SSSR count). The van der Waals surface area contributed by atoms with Gasteiger partial charge in [0.05, 0.1) is 17.2 Å². The van der Waals surface area contributed by atoms with Gasteiger partial charge in [0, 0.05) is 24.3 Å². The van der Waals surface area contributed by atoms with Crippen LogP contribution in [-0.2, 0) is 11.3 Å². The summed E-state index contributed by atoms with van der Waals surface area (Å²) in [6.07, 6.45) is 5.35. The Hall–Kier alpha value is -1.41. The zero-order valence-electron chi connectivity index (χ0n) is 10.4. The molecule has 0 aromatic carbocycles. The first kappa shape index (κ1) is 14.0. The Labute approximate surface area is 122 Å². The molecule has 102 valence electrons. The minimum absolute atomic E-state index is 0.599. The van der Waals surface area contributed by atoms with Crippen molar-refractivity contribution in [3.05, 3.63) is 27.9 Å². The highest BCUT2D eigenvalue weighted by atomic mass is 79.9. The zero-order chi connectivity index (χ0) is 14.0. The number of carbonyl (C=O) groups is 1. The van der Waals surface area contributed by atoms with Crippen molar-refractivity contribution in [1.29, 1.82) is 0 Å². The second kappa shape index (κ2) is 5.70. The molecule has 0 amide bonds. The highest BCUT2D eigenvalue weighted by Crippen LogP contribution is 2.24. The van der Waals surface area contributed by atoms with Gasteiger partial charge in [-0.3, -0.25) is 4.68 Å².